The number of aryl methyl sites for hydroxylation is 1. The Balaban J connectivity index is 1.82. The van der Waals surface area contributed by atoms with Gasteiger partial charge in [-0.05, 0) is 30.9 Å². The molecule has 21 heavy (non-hydrogen) atoms. The maximum Gasteiger partial charge on any atom is 0.245 e. The van der Waals surface area contributed by atoms with Crippen molar-refractivity contribution in [2.75, 3.05) is 24.5 Å². The summed E-state index contributed by atoms with van der Waals surface area (Å²) in [5.74, 6) is 2.46. The molecule has 0 aromatic carbocycles. The minimum absolute atomic E-state index is 0.156. The summed E-state index contributed by atoms with van der Waals surface area (Å²) in [5, 5.41) is 7.41. The van der Waals surface area contributed by atoms with Crippen LogP contribution in [0.2, 0.25) is 0 Å². The molecule has 0 bridgehead atoms. The van der Waals surface area contributed by atoms with E-state index >= 15 is 0 Å². The van der Waals surface area contributed by atoms with E-state index in [-0.39, 0.29) is 5.41 Å². The Morgan fingerprint density at radius 2 is 2.38 bits per heavy atom. The number of hydrogen-bond acceptors (Lipinski definition) is 5. The number of anilines is 1. The molecule has 3 heterocycles. The molecule has 0 saturated carbocycles. The van der Waals surface area contributed by atoms with Crippen LogP contribution in [-0.4, -0.2) is 34.8 Å². The van der Waals surface area contributed by atoms with E-state index in [0.717, 1.165) is 49.0 Å². The molecule has 0 aliphatic carbocycles. The van der Waals surface area contributed by atoms with E-state index in [0.29, 0.717) is 6.54 Å². The third kappa shape index (κ3) is 2.68. The number of nitrogens with two attached hydrogens (primary N) is 1. The van der Waals surface area contributed by atoms with Crippen molar-refractivity contribution in [3.05, 3.63) is 18.1 Å². The van der Waals surface area contributed by atoms with Crippen LogP contribution in [0.25, 0.3) is 11.4 Å². The van der Waals surface area contributed by atoms with Gasteiger partial charge in [-0.1, -0.05) is 13.8 Å². The van der Waals surface area contributed by atoms with E-state index in [4.69, 9.17) is 10.2 Å². The fourth-order valence-electron chi connectivity index (χ4n) is 2.99. The van der Waals surface area contributed by atoms with E-state index in [2.05, 4.69) is 33.9 Å². The summed E-state index contributed by atoms with van der Waals surface area (Å²) in [5.41, 5.74) is 7.06. The molecule has 114 valence electrons. The molecule has 6 nitrogen and oxygen atoms in total. The number of nitrogens with zero attached hydrogens (tertiary/aromatic N) is 3. The lowest BCUT2D eigenvalue weighted by atomic mass is 9.82. The first-order valence-electron chi connectivity index (χ1n) is 7.59. The van der Waals surface area contributed by atoms with Crippen LogP contribution in [-0.2, 0) is 6.42 Å². The standard InChI is InChI=1S/C15H23N5O/c1-3-12-11(5-8-21-12)13-17-14(19-18-13)20-7-4-6-15(2,9-16)10-20/h5,8H,3-4,6-7,9-10,16H2,1-2H3,(H,17,18,19). The Hall–Kier alpha value is -1.82. The van der Waals surface area contributed by atoms with Crippen LogP contribution in [0.4, 0.5) is 5.95 Å². The highest BCUT2D eigenvalue weighted by molar-refractivity contribution is 5.58. The van der Waals surface area contributed by atoms with Gasteiger partial charge >= 0.3 is 0 Å². The number of rotatable bonds is 4. The second kappa shape index (κ2) is 5.52. The highest BCUT2D eigenvalue weighted by Crippen LogP contribution is 2.31. The lowest BCUT2D eigenvalue weighted by molar-refractivity contribution is 0.270. The Kier molecular flexibility index (Phi) is 3.71. The van der Waals surface area contributed by atoms with Crippen LogP contribution in [0.1, 0.15) is 32.4 Å². The summed E-state index contributed by atoms with van der Waals surface area (Å²) in [6, 6.07) is 1.93. The number of aromatic nitrogens is 3. The third-order valence-corrected chi connectivity index (χ3v) is 4.35. The Labute approximate surface area is 124 Å². The molecular weight excluding hydrogens is 266 g/mol. The van der Waals surface area contributed by atoms with Gasteiger partial charge in [-0.15, -0.1) is 5.10 Å². The van der Waals surface area contributed by atoms with Crippen LogP contribution >= 0.6 is 0 Å². The van der Waals surface area contributed by atoms with Gasteiger partial charge in [-0.2, -0.15) is 4.98 Å². The van der Waals surface area contributed by atoms with Gasteiger partial charge in [0.05, 0.1) is 11.8 Å². The second-order valence-corrected chi connectivity index (χ2v) is 6.13. The molecule has 3 rings (SSSR count). The van der Waals surface area contributed by atoms with E-state index in [1.807, 2.05) is 6.07 Å². The van der Waals surface area contributed by atoms with Gasteiger partial charge < -0.3 is 15.1 Å². The number of furan rings is 1. The average molecular weight is 289 g/mol. The summed E-state index contributed by atoms with van der Waals surface area (Å²) in [7, 11) is 0. The monoisotopic (exact) mass is 289 g/mol. The Bertz CT molecular complexity index is 605. The van der Waals surface area contributed by atoms with Crippen molar-refractivity contribution in [2.45, 2.75) is 33.1 Å². The highest BCUT2D eigenvalue weighted by atomic mass is 16.3. The van der Waals surface area contributed by atoms with Gasteiger partial charge in [0.15, 0.2) is 5.82 Å². The molecule has 6 heteroatoms. The first-order valence-corrected chi connectivity index (χ1v) is 7.59. The quantitative estimate of drug-likeness (QED) is 0.901. The van der Waals surface area contributed by atoms with E-state index < -0.39 is 0 Å². The largest absolute Gasteiger partial charge is 0.469 e. The zero-order chi connectivity index (χ0) is 14.9. The molecule has 0 amide bonds. The van der Waals surface area contributed by atoms with Gasteiger partial charge in [-0.3, -0.25) is 5.10 Å². The molecule has 2 aromatic rings. The molecule has 0 radical (unpaired) electrons. The summed E-state index contributed by atoms with van der Waals surface area (Å²) < 4.78 is 5.46. The van der Waals surface area contributed by atoms with E-state index in [1.165, 1.54) is 6.42 Å². The Morgan fingerprint density at radius 1 is 1.52 bits per heavy atom. The van der Waals surface area contributed by atoms with Crippen LogP contribution in [0.3, 0.4) is 0 Å². The van der Waals surface area contributed by atoms with Crippen LogP contribution in [0.15, 0.2) is 16.7 Å². The lowest BCUT2D eigenvalue weighted by Crippen LogP contribution is -2.46. The molecule has 1 saturated heterocycles. The zero-order valence-electron chi connectivity index (χ0n) is 12.7. The Morgan fingerprint density at radius 3 is 3.14 bits per heavy atom. The molecule has 1 fully saturated rings. The number of hydrogen-bond donors (Lipinski definition) is 2. The molecular formula is C15H23N5O. The van der Waals surface area contributed by atoms with E-state index in [1.54, 1.807) is 6.26 Å². The second-order valence-electron chi connectivity index (χ2n) is 6.13. The number of nitrogens with one attached hydrogen (secondary N) is 1. The normalized spacial score (nSPS) is 22.7. The summed E-state index contributed by atoms with van der Waals surface area (Å²) in [6.45, 7) is 6.89. The smallest absolute Gasteiger partial charge is 0.245 e. The van der Waals surface area contributed by atoms with Crippen molar-refractivity contribution in [3.63, 3.8) is 0 Å². The zero-order valence-corrected chi connectivity index (χ0v) is 12.7. The fraction of sp³-hybridized carbons (Fsp3) is 0.600. The molecule has 3 N–H and O–H groups in total. The van der Waals surface area contributed by atoms with E-state index in [9.17, 15) is 0 Å². The lowest BCUT2D eigenvalue weighted by Gasteiger charge is -2.39. The van der Waals surface area contributed by atoms with Crippen LogP contribution in [0, 0.1) is 5.41 Å². The predicted molar refractivity (Wildman–Crippen MR) is 82.1 cm³/mol. The van der Waals surface area contributed by atoms with Gasteiger partial charge in [-0.25, -0.2) is 0 Å². The van der Waals surface area contributed by atoms with Crippen molar-refractivity contribution >= 4 is 5.95 Å². The predicted octanol–water partition coefficient (Wildman–Crippen LogP) is 2.19. The molecule has 2 aromatic heterocycles. The third-order valence-electron chi connectivity index (χ3n) is 4.35. The molecule has 1 aliphatic rings. The molecule has 1 aliphatic heterocycles. The average Bonchev–Trinajstić information content (AvgIpc) is 3.15. The summed E-state index contributed by atoms with van der Waals surface area (Å²) in [4.78, 5) is 6.87. The van der Waals surface area contributed by atoms with Gasteiger partial charge in [0.1, 0.15) is 5.76 Å². The van der Waals surface area contributed by atoms with Gasteiger partial charge in [0, 0.05) is 19.5 Å². The number of aromatic amines is 1. The molecule has 1 unspecified atom stereocenters. The number of H-pyrrole nitrogens is 1. The maximum absolute atomic E-state index is 5.91. The minimum Gasteiger partial charge on any atom is -0.469 e. The minimum atomic E-state index is 0.156. The van der Waals surface area contributed by atoms with Crippen molar-refractivity contribution < 1.29 is 4.42 Å². The number of piperidine rings is 1. The first kappa shape index (κ1) is 14.1. The van der Waals surface area contributed by atoms with Crippen molar-refractivity contribution in [2.24, 2.45) is 11.1 Å². The first-order chi connectivity index (χ1) is 10.1. The van der Waals surface area contributed by atoms with Gasteiger partial charge in [0.25, 0.3) is 0 Å². The van der Waals surface area contributed by atoms with Crippen molar-refractivity contribution in [1.82, 2.24) is 15.2 Å². The highest BCUT2D eigenvalue weighted by Gasteiger charge is 2.31. The van der Waals surface area contributed by atoms with Crippen LogP contribution in [0.5, 0.6) is 0 Å². The van der Waals surface area contributed by atoms with Crippen LogP contribution < -0.4 is 10.6 Å². The fourth-order valence-corrected chi connectivity index (χ4v) is 2.99. The SMILES string of the molecule is CCc1occc1-c1nc(N2CCCC(C)(CN)C2)n[nH]1. The topological polar surface area (TPSA) is 84.0 Å². The maximum atomic E-state index is 5.91. The summed E-state index contributed by atoms with van der Waals surface area (Å²) in [6.07, 6.45) is 4.83. The van der Waals surface area contributed by atoms with Crippen molar-refractivity contribution in [1.29, 1.82) is 0 Å². The summed E-state index contributed by atoms with van der Waals surface area (Å²) >= 11 is 0. The van der Waals surface area contributed by atoms with Crippen molar-refractivity contribution in [3.8, 4) is 11.4 Å². The molecule has 0 spiro atoms. The molecule has 1 atom stereocenters. The van der Waals surface area contributed by atoms with Gasteiger partial charge in [0.2, 0.25) is 5.95 Å².